The summed E-state index contributed by atoms with van der Waals surface area (Å²) in [6, 6.07) is 0. The maximum absolute atomic E-state index is 11.9. The first-order chi connectivity index (χ1) is 7.69. The van der Waals surface area contributed by atoms with Crippen molar-refractivity contribution in [2.75, 3.05) is 26.8 Å². The third-order valence-corrected chi connectivity index (χ3v) is 2.95. The van der Waals surface area contributed by atoms with Gasteiger partial charge in [0.2, 0.25) is 5.91 Å². The van der Waals surface area contributed by atoms with Crippen molar-refractivity contribution in [1.29, 1.82) is 0 Å². The Balaban J connectivity index is 2.39. The normalized spacial score (nSPS) is 15.4. The Kier molecular flexibility index (Phi) is 5.25. The molecule has 5 nitrogen and oxygen atoms in total. The van der Waals surface area contributed by atoms with Crippen LogP contribution in [0.4, 0.5) is 0 Å². The molecule has 1 rings (SSSR count). The number of aliphatic hydroxyl groups excluding tert-OH is 1. The highest BCUT2D eigenvalue weighted by molar-refractivity contribution is 5.80. The number of carbonyl (C=O) groups is 2. The van der Waals surface area contributed by atoms with E-state index in [2.05, 4.69) is 4.74 Å². The Bertz CT molecular complexity index is 250. The fraction of sp³-hybridized carbons (Fsp3) is 0.818. The van der Waals surface area contributed by atoms with Crippen molar-refractivity contribution < 1.29 is 19.4 Å². The van der Waals surface area contributed by atoms with Gasteiger partial charge in [-0.25, -0.2) is 0 Å². The highest BCUT2D eigenvalue weighted by atomic mass is 16.5. The molecule has 5 heteroatoms. The molecule has 0 radical (unpaired) electrons. The van der Waals surface area contributed by atoms with E-state index in [1.807, 2.05) is 0 Å². The highest BCUT2D eigenvalue weighted by Gasteiger charge is 2.29. The van der Waals surface area contributed by atoms with Crippen LogP contribution in [0.1, 0.15) is 25.7 Å². The second-order valence-electron chi connectivity index (χ2n) is 4.00. The fourth-order valence-electron chi connectivity index (χ4n) is 1.69. The molecule has 0 heterocycles. The Hall–Kier alpha value is -1.10. The van der Waals surface area contributed by atoms with Crippen molar-refractivity contribution in [3.8, 4) is 0 Å². The quantitative estimate of drug-likeness (QED) is 0.659. The maximum atomic E-state index is 11.9. The molecule has 1 fully saturated rings. The van der Waals surface area contributed by atoms with Crippen molar-refractivity contribution >= 4 is 11.9 Å². The molecular weight excluding hydrogens is 210 g/mol. The fourth-order valence-corrected chi connectivity index (χ4v) is 1.69. The number of nitrogens with zero attached hydrogens (tertiary/aromatic N) is 1. The lowest BCUT2D eigenvalue weighted by Crippen LogP contribution is -2.41. The smallest absolute Gasteiger partial charge is 0.307 e. The van der Waals surface area contributed by atoms with Gasteiger partial charge in [-0.15, -0.1) is 0 Å². The van der Waals surface area contributed by atoms with Crippen LogP contribution in [0.3, 0.4) is 0 Å². The average Bonchev–Trinajstić information content (AvgIpc) is 2.21. The molecule has 1 N–H and O–H groups in total. The molecule has 0 unspecified atom stereocenters. The summed E-state index contributed by atoms with van der Waals surface area (Å²) in [4.78, 5) is 24.4. The molecule has 0 spiro atoms. The van der Waals surface area contributed by atoms with Gasteiger partial charge in [-0.05, 0) is 12.8 Å². The number of hydrogen-bond acceptors (Lipinski definition) is 4. The van der Waals surface area contributed by atoms with E-state index in [4.69, 9.17) is 5.11 Å². The molecule has 1 amide bonds. The lowest BCUT2D eigenvalue weighted by atomic mass is 9.84. The number of amides is 1. The predicted octanol–water partition coefficient (Wildman–Crippen LogP) is 0.170. The number of aliphatic hydroxyl groups is 1. The van der Waals surface area contributed by atoms with Gasteiger partial charge >= 0.3 is 5.97 Å². The molecule has 0 bridgehead atoms. The molecule has 0 aromatic rings. The van der Waals surface area contributed by atoms with Crippen molar-refractivity contribution in [3.63, 3.8) is 0 Å². The minimum Gasteiger partial charge on any atom is -0.469 e. The van der Waals surface area contributed by atoms with Crippen LogP contribution in [0.2, 0.25) is 0 Å². The van der Waals surface area contributed by atoms with Crippen molar-refractivity contribution in [1.82, 2.24) is 4.90 Å². The number of hydrogen-bond donors (Lipinski definition) is 1. The summed E-state index contributed by atoms with van der Waals surface area (Å²) in [5.74, 6) is -0.169. The van der Waals surface area contributed by atoms with Crippen LogP contribution in [0.15, 0.2) is 0 Å². The zero-order valence-electron chi connectivity index (χ0n) is 9.65. The number of methoxy groups -OCH3 is 1. The summed E-state index contributed by atoms with van der Waals surface area (Å²) in [6.07, 6.45) is 3.15. The van der Waals surface area contributed by atoms with E-state index in [0.717, 1.165) is 19.3 Å². The Morgan fingerprint density at radius 3 is 2.50 bits per heavy atom. The lowest BCUT2D eigenvalue weighted by molar-refractivity contribution is -0.143. The molecule has 0 aromatic heterocycles. The SMILES string of the molecule is COC(=O)CCN(CCO)C(=O)C1CCC1. The Labute approximate surface area is 95.4 Å². The van der Waals surface area contributed by atoms with Crippen LogP contribution in [0, 0.1) is 5.92 Å². The van der Waals surface area contributed by atoms with E-state index in [-0.39, 0.29) is 30.8 Å². The lowest BCUT2D eigenvalue weighted by Gasteiger charge is -2.31. The molecule has 1 aliphatic carbocycles. The van der Waals surface area contributed by atoms with Gasteiger partial charge in [-0.2, -0.15) is 0 Å². The van der Waals surface area contributed by atoms with E-state index in [0.29, 0.717) is 13.1 Å². The van der Waals surface area contributed by atoms with Crippen molar-refractivity contribution in [2.24, 2.45) is 5.92 Å². The Morgan fingerprint density at radius 1 is 1.38 bits per heavy atom. The predicted molar refractivity (Wildman–Crippen MR) is 57.6 cm³/mol. The molecule has 0 aliphatic heterocycles. The van der Waals surface area contributed by atoms with E-state index >= 15 is 0 Å². The summed E-state index contributed by atoms with van der Waals surface area (Å²) in [5, 5.41) is 8.87. The van der Waals surface area contributed by atoms with Gasteiger partial charge in [0, 0.05) is 19.0 Å². The topological polar surface area (TPSA) is 66.8 Å². The number of rotatable bonds is 6. The van der Waals surface area contributed by atoms with Crippen molar-refractivity contribution in [3.05, 3.63) is 0 Å². The maximum Gasteiger partial charge on any atom is 0.307 e. The van der Waals surface area contributed by atoms with Crippen LogP contribution in [0.25, 0.3) is 0 Å². The summed E-state index contributed by atoms with van der Waals surface area (Å²) in [6.45, 7) is 0.564. The molecular formula is C11H19NO4. The van der Waals surface area contributed by atoms with Gasteiger partial charge in [0.15, 0.2) is 0 Å². The summed E-state index contributed by atoms with van der Waals surface area (Å²) in [5.41, 5.74) is 0. The van der Waals surface area contributed by atoms with Gasteiger partial charge in [0.05, 0.1) is 20.1 Å². The Morgan fingerprint density at radius 2 is 2.06 bits per heavy atom. The number of esters is 1. The molecule has 0 atom stereocenters. The molecule has 0 saturated heterocycles. The van der Waals surface area contributed by atoms with Crippen LogP contribution < -0.4 is 0 Å². The van der Waals surface area contributed by atoms with Crippen LogP contribution in [-0.2, 0) is 14.3 Å². The number of ether oxygens (including phenoxy) is 1. The standard InChI is InChI=1S/C11H19NO4/c1-16-10(14)5-6-12(7-8-13)11(15)9-3-2-4-9/h9,13H,2-8H2,1H3. The van der Waals surface area contributed by atoms with Crippen molar-refractivity contribution in [2.45, 2.75) is 25.7 Å². The first-order valence-corrected chi connectivity index (χ1v) is 5.65. The molecule has 16 heavy (non-hydrogen) atoms. The zero-order valence-corrected chi connectivity index (χ0v) is 9.65. The largest absolute Gasteiger partial charge is 0.469 e. The van der Waals surface area contributed by atoms with E-state index in [9.17, 15) is 9.59 Å². The first kappa shape index (κ1) is 13.0. The van der Waals surface area contributed by atoms with Crippen LogP contribution in [-0.4, -0.2) is 48.7 Å². The third kappa shape index (κ3) is 3.48. The number of carbonyl (C=O) groups excluding carboxylic acids is 2. The average molecular weight is 229 g/mol. The monoisotopic (exact) mass is 229 g/mol. The first-order valence-electron chi connectivity index (χ1n) is 5.65. The second kappa shape index (κ2) is 6.48. The van der Waals surface area contributed by atoms with Crippen LogP contribution >= 0.6 is 0 Å². The molecule has 92 valence electrons. The van der Waals surface area contributed by atoms with E-state index < -0.39 is 0 Å². The minimum absolute atomic E-state index is 0.0594. The van der Waals surface area contributed by atoms with E-state index in [1.54, 1.807) is 4.90 Å². The minimum atomic E-state index is -0.329. The highest BCUT2D eigenvalue weighted by Crippen LogP contribution is 2.28. The molecule has 1 saturated carbocycles. The van der Waals surface area contributed by atoms with Gasteiger partial charge in [-0.3, -0.25) is 9.59 Å². The van der Waals surface area contributed by atoms with Gasteiger partial charge in [-0.1, -0.05) is 6.42 Å². The summed E-state index contributed by atoms with van der Waals surface area (Å²) < 4.78 is 4.52. The van der Waals surface area contributed by atoms with E-state index in [1.165, 1.54) is 7.11 Å². The van der Waals surface area contributed by atoms with Gasteiger partial charge in [0.25, 0.3) is 0 Å². The van der Waals surface area contributed by atoms with Gasteiger partial charge in [0.1, 0.15) is 0 Å². The van der Waals surface area contributed by atoms with Gasteiger partial charge < -0.3 is 14.7 Å². The summed E-state index contributed by atoms with van der Waals surface area (Å²) in [7, 11) is 1.33. The summed E-state index contributed by atoms with van der Waals surface area (Å²) >= 11 is 0. The second-order valence-corrected chi connectivity index (χ2v) is 4.00. The zero-order chi connectivity index (χ0) is 12.0. The van der Waals surface area contributed by atoms with Crippen LogP contribution in [0.5, 0.6) is 0 Å². The molecule has 1 aliphatic rings. The molecule has 0 aromatic carbocycles. The third-order valence-electron chi connectivity index (χ3n) is 2.95.